The largest absolute Gasteiger partial charge is 0.422 e. The third-order valence-corrected chi connectivity index (χ3v) is 8.65. The molecule has 1 amide bonds. The average molecular weight is 595 g/mol. The molecule has 3 aliphatic rings. The number of hydrogen-bond donors (Lipinski definition) is 0. The summed E-state index contributed by atoms with van der Waals surface area (Å²) in [6.45, 7) is 1.42. The van der Waals surface area contributed by atoms with Crippen LogP contribution < -0.4 is 4.90 Å². The summed E-state index contributed by atoms with van der Waals surface area (Å²) in [6, 6.07) is 7.30. The lowest BCUT2D eigenvalue weighted by molar-refractivity contribution is -0.142. The van der Waals surface area contributed by atoms with E-state index in [4.69, 9.17) is 11.6 Å². The lowest BCUT2D eigenvalue weighted by Gasteiger charge is -2.34. The van der Waals surface area contributed by atoms with E-state index in [-0.39, 0.29) is 30.6 Å². The van der Waals surface area contributed by atoms with Gasteiger partial charge in [-0.25, -0.2) is 8.78 Å². The van der Waals surface area contributed by atoms with E-state index in [0.29, 0.717) is 48.7 Å². The van der Waals surface area contributed by atoms with Crippen LogP contribution in [0.4, 0.5) is 27.6 Å². The summed E-state index contributed by atoms with van der Waals surface area (Å²) in [5.41, 5.74) is -0.957. The van der Waals surface area contributed by atoms with Crippen LogP contribution in [0.1, 0.15) is 54.4 Å². The number of fused-ring (bicyclic) bond motifs is 3. The van der Waals surface area contributed by atoms with Crippen molar-refractivity contribution >= 4 is 23.2 Å². The Morgan fingerprint density at radius 1 is 1.02 bits per heavy atom. The maximum absolute atomic E-state index is 14.8. The van der Waals surface area contributed by atoms with Gasteiger partial charge in [0, 0.05) is 44.7 Å². The van der Waals surface area contributed by atoms with E-state index in [9.17, 15) is 26.7 Å². The maximum atomic E-state index is 14.8. The van der Waals surface area contributed by atoms with Crippen LogP contribution in [0.5, 0.6) is 0 Å². The average Bonchev–Trinajstić information content (AvgIpc) is 3.65. The molecule has 3 aromatic rings. The Bertz CT molecular complexity index is 1510. The molecule has 0 atom stereocenters. The van der Waals surface area contributed by atoms with E-state index in [1.54, 1.807) is 25.1 Å². The van der Waals surface area contributed by atoms with Crippen molar-refractivity contribution in [3.63, 3.8) is 0 Å². The van der Waals surface area contributed by atoms with Crippen molar-refractivity contribution in [3.05, 3.63) is 69.8 Å². The zero-order valence-corrected chi connectivity index (χ0v) is 23.2. The van der Waals surface area contributed by atoms with Crippen molar-refractivity contribution in [2.24, 2.45) is 0 Å². The highest BCUT2D eigenvalue weighted by Gasteiger charge is 2.56. The zero-order chi connectivity index (χ0) is 29.3. The lowest BCUT2D eigenvalue weighted by atomic mass is 9.95. The van der Waals surface area contributed by atoms with Gasteiger partial charge in [0.15, 0.2) is 11.6 Å². The van der Waals surface area contributed by atoms with Crippen molar-refractivity contribution in [1.82, 2.24) is 24.6 Å². The SMILES string of the molecule is CN(C)C(=O)C1(N2Cc3cc(Cl)ccc3-n3c(nnc3C3CCN(c4ccc(F)c(C(F)(F)F)c4F)CC3)C2)CC1. The molecule has 1 saturated carbocycles. The Morgan fingerprint density at radius 3 is 2.34 bits per heavy atom. The minimum atomic E-state index is -5.14. The van der Waals surface area contributed by atoms with E-state index in [1.165, 1.54) is 4.90 Å². The second kappa shape index (κ2) is 9.94. The second-order valence-corrected chi connectivity index (χ2v) is 11.6. The molecule has 0 spiro atoms. The van der Waals surface area contributed by atoms with Gasteiger partial charge < -0.3 is 9.80 Å². The topological polar surface area (TPSA) is 57.5 Å². The van der Waals surface area contributed by atoms with Gasteiger partial charge in [0.25, 0.3) is 0 Å². The van der Waals surface area contributed by atoms with Gasteiger partial charge in [-0.05, 0) is 61.6 Å². The number of aromatic nitrogens is 3. The third-order valence-electron chi connectivity index (χ3n) is 8.42. The maximum Gasteiger partial charge on any atom is 0.422 e. The van der Waals surface area contributed by atoms with Crippen molar-refractivity contribution in [3.8, 4) is 5.69 Å². The highest BCUT2D eigenvalue weighted by molar-refractivity contribution is 6.30. The van der Waals surface area contributed by atoms with Crippen LogP contribution in [0.2, 0.25) is 5.02 Å². The lowest BCUT2D eigenvalue weighted by Crippen LogP contribution is -2.48. The van der Waals surface area contributed by atoms with Crippen LogP contribution in [-0.4, -0.2) is 63.2 Å². The predicted molar refractivity (Wildman–Crippen MR) is 142 cm³/mol. The number of rotatable bonds is 4. The minimum Gasteiger partial charge on any atom is -0.369 e. The number of halogens is 6. The first-order chi connectivity index (χ1) is 19.4. The molecule has 1 saturated heterocycles. The van der Waals surface area contributed by atoms with Crippen LogP contribution in [0, 0.1) is 11.6 Å². The van der Waals surface area contributed by atoms with Crippen LogP contribution in [-0.2, 0) is 24.1 Å². The molecule has 0 N–H and O–H groups in total. The number of hydrogen-bond acceptors (Lipinski definition) is 5. The standard InChI is InChI=1S/C28H28ClF5N6O/c1-37(2)26(41)27(9-10-27)39-14-17-13-18(29)3-5-20(17)40-22(15-39)35-36-25(40)16-7-11-38(12-8-16)21-6-4-19(30)23(24(21)31)28(32,33)34/h3-6,13,16H,7-12,14-15H2,1-2H3. The molecule has 0 bridgehead atoms. The highest BCUT2D eigenvalue weighted by Crippen LogP contribution is 2.46. The van der Waals surface area contributed by atoms with E-state index in [2.05, 4.69) is 15.1 Å². The molecule has 1 aliphatic carbocycles. The second-order valence-electron chi connectivity index (χ2n) is 11.2. The van der Waals surface area contributed by atoms with Crippen LogP contribution >= 0.6 is 11.6 Å². The molecule has 2 aromatic carbocycles. The van der Waals surface area contributed by atoms with Gasteiger partial charge >= 0.3 is 6.18 Å². The zero-order valence-electron chi connectivity index (χ0n) is 22.5. The Morgan fingerprint density at radius 2 is 1.71 bits per heavy atom. The number of alkyl halides is 3. The molecule has 2 fully saturated rings. The van der Waals surface area contributed by atoms with Gasteiger partial charge in [-0.15, -0.1) is 10.2 Å². The van der Waals surface area contributed by atoms with Crippen LogP contribution in [0.3, 0.4) is 0 Å². The van der Waals surface area contributed by atoms with E-state index in [0.717, 1.165) is 30.2 Å². The summed E-state index contributed by atoms with van der Waals surface area (Å²) in [4.78, 5) is 18.4. The molecule has 7 nitrogen and oxygen atoms in total. The highest BCUT2D eigenvalue weighted by atomic mass is 35.5. The Labute approximate surface area is 238 Å². The molecule has 13 heteroatoms. The molecule has 6 rings (SSSR count). The molecule has 218 valence electrons. The molecule has 1 aromatic heterocycles. The van der Waals surface area contributed by atoms with E-state index >= 15 is 0 Å². The van der Waals surface area contributed by atoms with Crippen molar-refractivity contribution in [2.75, 3.05) is 32.1 Å². The van der Waals surface area contributed by atoms with Gasteiger partial charge in [0.05, 0.1) is 17.9 Å². The smallest absolute Gasteiger partial charge is 0.369 e. The normalized spacial score (nSPS) is 19.0. The Kier molecular flexibility index (Phi) is 6.76. The van der Waals surface area contributed by atoms with Crippen molar-refractivity contribution in [2.45, 2.75) is 56.4 Å². The van der Waals surface area contributed by atoms with Gasteiger partial charge in [0.1, 0.15) is 22.7 Å². The van der Waals surface area contributed by atoms with Crippen LogP contribution in [0.25, 0.3) is 5.69 Å². The van der Waals surface area contributed by atoms with Gasteiger partial charge in [-0.1, -0.05) is 11.6 Å². The number of piperidine rings is 1. The minimum absolute atomic E-state index is 0.0448. The van der Waals surface area contributed by atoms with Crippen LogP contribution in [0.15, 0.2) is 30.3 Å². The molecular formula is C28H28ClF5N6O. The number of carbonyl (C=O) groups excluding carboxylic acids is 1. The number of anilines is 1. The fourth-order valence-corrected chi connectivity index (χ4v) is 6.41. The molecule has 3 heterocycles. The summed E-state index contributed by atoms with van der Waals surface area (Å²) >= 11 is 6.38. The summed E-state index contributed by atoms with van der Waals surface area (Å²) < 4.78 is 70.5. The van der Waals surface area contributed by atoms with Gasteiger partial charge in [-0.2, -0.15) is 13.2 Å². The summed E-state index contributed by atoms with van der Waals surface area (Å²) in [5, 5.41) is 9.63. The summed E-state index contributed by atoms with van der Waals surface area (Å²) in [5.74, 6) is -1.91. The monoisotopic (exact) mass is 594 g/mol. The molecule has 0 unspecified atom stereocenters. The predicted octanol–water partition coefficient (Wildman–Crippen LogP) is 5.54. The molecule has 0 radical (unpaired) electrons. The molecule has 2 aliphatic heterocycles. The molecule has 41 heavy (non-hydrogen) atoms. The van der Waals surface area contributed by atoms with Gasteiger partial charge in [-0.3, -0.25) is 14.3 Å². The first-order valence-corrected chi connectivity index (χ1v) is 13.8. The summed E-state index contributed by atoms with van der Waals surface area (Å²) in [7, 11) is 3.50. The fraction of sp³-hybridized carbons (Fsp3) is 0.464. The number of nitrogens with zero attached hydrogens (tertiary/aromatic N) is 6. The first kappa shape index (κ1) is 27.9. The van der Waals surface area contributed by atoms with E-state index in [1.807, 2.05) is 16.7 Å². The van der Waals surface area contributed by atoms with Crippen molar-refractivity contribution < 1.29 is 26.7 Å². The van der Waals surface area contributed by atoms with Crippen molar-refractivity contribution in [1.29, 1.82) is 0 Å². The van der Waals surface area contributed by atoms with Gasteiger partial charge in [0.2, 0.25) is 5.91 Å². The van der Waals surface area contributed by atoms with E-state index < -0.39 is 28.9 Å². The first-order valence-electron chi connectivity index (χ1n) is 13.4. The Balaban J connectivity index is 1.30. The number of amides is 1. The quantitative estimate of drug-likeness (QED) is 0.372. The number of carbonyl (C=O) groups is 1. The third kappa shape index (κ3) is 4.74. The Hall–Kier alpha value is -3.25. The number of likely N-dealkylation sites (N-methyl/N-ethyl adjacent to an activating group) is 1. The fourth-order valence-electron chi connectivity index (χ4n) is 6.22. The summed E-state index contributed by atoms with van der Waals surface area (Å²) in [6.07, 6.45) is -2.69. The number of benzene rings is 2. The molecular weight excluding hydrogens is 567 g/mol.